The fraction of sp³-hybridized carbons (Fsp3) is 0.286. The number of allylic oxidation sites excluding steroid dienone is 3. The highest BCUT2D eigenvalue weighted by molar-refractivity contribution is 7.90. The van der Waals surface area contributed by atoms with Gasteiger partial charge in [0.15, 0.2) is 11.6 Å². The minimum absolute atomic E-state index is 0.115. The van der Waals surface area contributed by atoms with Gasteiger partial charge in [-0.2, -0.15) is 0 Å². The third-order valence-electron chi connectivity index (χ3n) is 5.50. The maximum absolute atomic E-state index is 13.5. The summed E-state index contributed by atoms with van der Waals surface area (Å²) in [7, 11) is -1.68. The largest absolute Gasteiger partial charge is 0.345 e. The molecule has 2 aromatic rings. The van der Waals surface area contributed by atoms with E-state index in [1.165, 1.54) is 16.8 Å². The Kier molecular flexibility index (Phi) is 5.33. The number of amides is 1. The standard InChI is InChI=1S/C21H22F2N4O2S/c1-27-12-19-15(20(27)21(28)25-14-7-9-16(22)17(23)11-14)8-10-18(26-30(19,24)29)13-5-3-2-4-6-13/h2-5,7,9,11-13,18H,6,8,10H2,1H3,(H,25,28)(H2,24,26,29)/t13?,18-,30?/m1/s1. The summed E-state index contributed by atoms with van der Waals surface area (Å²) in [5, 5.41) is 2.56. The molecule has 6 nitrogen and oxygen atoms in total. The fourth-order valence-electron chi connectivity index (χ4n) is 4.03. The van der Waals surface area contributed by atoms with Crippen LogP contribution in [0.15, 0.2) is 53.6 Å². The second-order valence-electron chi connectivity index (χ2n) is 7.55. The van der Waals surface area contributed by atoms with Gasteiger partial charge in [-0.05, 0) is 37.3 Å². The molecule has 0 saturated heterocycles. The molecule has 30 heavy (non-hydrogen) atoms. The van der Waals surface area contributed by atoms with Crippen LogP contribution in [0.5, 0.6) is 0 Å². The number of benzene rings is 1. The van der Waals surface area contributed by atoms with E-state index in [9.17, 15) is 17.8 Å². The van der Waals surface area contributed by atoms with Gasteiger partial charge in [0.05, 0.1) is 4.90 Å². The molecule has 1 aromatic heterocycles. The zero-order chi connectivity index (χ0) is 21.5. The number of anilines is 1. The molecule has 3 atom stereocenters. The number of rotatable bonds is 3. The van der Waals surface area contributed by atoms with E-state index in [0.717, 1.165) is 18.6 Å². The lowest BCUT2D eigenvalue weighted by atomic mass is 9.89. The van der Waals surface area contributed by atoms with Crippen LogP contribution in [-0.2, 0) is 23.4 Å². The number of carbonyl (C=O) groups is 1. The Bertz CT molecular complexity index is 1170. The van der Waals surface area contributed by atoms with Crippen LogP contribution < -0.4 is 10.0 Å². The van der Waals surface area contributed by atoms with Gasteiger partial charge in [0.1, 0.15) is 15.6 Å². The van der Waals surface area contributed by atoms with Crippen LogP contribution in [0.3, 0.4) is 0 Å². The zero-order valence-corrected chi connectivity index (χ0v) is 17.1. The average Bonchev–Trinajstić information content (AvgIpc) is 2.99. The predicted octanol–water partition coefficient (Wildman–Crippen LogP) is 3.91. The molecule has 1 aliphatic heterocycles. The lowest BCUT2D eigenvalue weighted by Gasteiger charge is -2.25. The number of hydrogen-bond donors (Lipinski definition) is 3. The summed E-state index contributed by atoms with van der Waals surface area (Å²) in [5.41, 5.74) is 0.920. The van der Waals surface area contributed by atoms with Crippen molar-refractivity contribution in [2.75, 3.05) is 5.32 Å². The second-order valence-corrected chi connectivity index (χ2v) is 9.33. The molecule has 1 amide bonds. The zero-order valence-electron chi connectivity index (χ0n) is 16.3. The lowest BCUT2D eigenvalue weighted by molar-refractivity contribution is 0.101. The predicted molar refractivity (Wildman–Crippen MR) is 110 cm³/mol. The van der Waals surface area contributed by atoms with Crippen molar-refractivity contribution in [1.29, 1.82) is 4.78 Å². The van der Waals surface area contributed by atoms with E-state index in [-0.39, 0.29) is 23.3 Å². The van der Waals surface area contributed by atoms with Crippen molar-refractivity contribution in [3.8, 4) is 0 Å². The number of aryl methyl sites for hydroxylation is 1. The quantitative estimate of drug-likeness (QED) is 0.687. The van der Waals surface area contributed by atoms with E-state index in [1.807, 2.05) is 24.3 Å². The summed E-state index contributed by atoms with van der Waals surface area (Å²) in [6, 6.07) is 2.96. The van der Waals surface area contributed by atoms with Crippen LogP contribution in [0.25, 0.3) is 0 Å². The normalized spacial score (nSPS) is 25.6. The maximum atomic E-state index is 13.5. The Hall–Kier alpha value is -2.78. The van der Waals surface area contributed by atoms with Crippen LogP contribution in [-0.4, -0.2) is 20.7 Å². The first-order valence-electron chi connectivity index (χ1n) is 9.60. The summed E-state index contributed by atoms with van der Waals surface area (Å²) >= 11 is 0. The molecule has 4 rings (SSSR count). The molecule has 2 heterocycles. The first-order valence-corrected chi connectivity index (χ1v) is 11.2. The van der Waals surface area contributed by atoms with Crippen molar-refractivity contribution >= 4 is 21.5 Å². The Labute approximate surface area is 173 Å². The van der Waals surface area contributed by atoms with Crippen molar-refractivity contribution in [1.82, 2.24) is 9.29 Å². The molecule has 0 fully saturated rings. The Morgan fingerprint density at radius 3 is 2.80 bits per heavy atom. The SMILES string of the molecule is Cn1cc2c(c1C(=O)Nc1ccc(F)c(F)c1)CC[C@H](C1C=CC=CC1)NS2(=N)=O. The summed E-state index contributed by atoms with van der Waals surface area (Å²) in [6.45, 7) is 0. The van der Waals surface area contributed by atoms with Gasteiger partial charge in [0.25, 0.3) is 5.91 Å². The highest BCUT2D eigenvalue weighted by Crippen LogP contribution is 2.31. The highest BCUT2D eigenvalue weighted by atomic mass is 32.2. The monoisotopic (exact) mass is 432 g/mol. The van der Waals surface area contributed by atoms with Crippen molar-refractivity contribution < 1.29 is 17.8 Å². The van der Waals surface area contributed by atoms with E-state index < -0.39 is 27.5 Å². The van der Waals surface area contributed by atoms with Crippen LogP contribution in [0.1, 0.15) is 28.9 Å². The molecule has 1 aliphatic carbocycles. The molecule has 1 aromatic carbocycles. The van der Waals surface area contributed by atoms with Crippen molar-refractivity contribution in [3.05, 3.63) is 71.6 Å². The van der Waals surface area contributed by atoms with Gasteiger partial charge in [0.2, 0.25) is 0 Å². The van der Waals surface area contributed by atoms with Crippen molar-refractivity contribution in [2.24, 2.45) is 13.0 Å². The molecule has 9 heteroatoms. The number of aromatic nitrogens is 1. The molecule has 0 spiro atoms. The number of nitrogens with one attached hydrogen (secondary N) is 3. The Morgan fingerprint density at radius 1 is 1.30 bits per heavy atom. The van der Waals surface area contributed by atoms with E-state index >= 15 is 0 Å². The van der Waals surface area contributed by atoms with Crippen molar-refractivity contribution in [2.45, 2.75) is 30.2 Å². The average molecular weight is 432 g/mol. The van der Waals surface area contributed by atoms with Crippen LogP contribution >= 0.6 is 0 Å². The first kappa shape index (κ1) is 20.5. The molecule has 0 radical (unpaired) electrons. The van der Waals surface area contributed by atoms with E-state index in [2.05, 4.69) is 10.0 Å². The third kappa shape index (κ3) is 3.82. The van der Waals surface area contributed by atoms with Crippen LogP contribution in [0, 0.1) is 22.3 Å². The summed E-state index contributed by atoms with van der Waals surface area (Å²) < 4.78 is 52.8. The number of nitrogens with zero attached hydrogens (tertiary/aromatic N) is 1. The third-order valence-corrected chi connectivity index (χ3v) is 7.11. The van der Waals surface area contributed by atoms with E-state index in [0.29, 0.717) is 23.3 Å². The number of halogens is 2. The van der Waals surface area contributed by atoms with E-state index in [4.69, 9.17) is 4.78 Å². The Morgan fingerprint density at radius 2 is 2.10 bits per heavy atom. The van der Waals surface area contributed by atoms with E-state index in [1.54, 1.807) is 7.05 Å². The van der Waals surface area contributed by atoms with Crippen LogP contribution in [0.2, 0.25) is 0 Å². The van der Waals surface area contributed by atoms with Gasteiger partial charge in [-0.15, -0.1) is 0 Å². The first-order chi connectivity index (χ1) is 14.3. The van der Waals surface area contributed by atoms with Gasteiger partial charge >= 0.3 is 0 Å². The van der Waals surface area contributed by atoms with Gasteiger partial charge in [0, 0.05) is 36.6 Å². The topological polar surface area (TPSA) is 87.0 Å². The van der Waals surface area contributed by atoms with Crippen molar-refractivity contribution in [3.63, 3.8) is 0 Å². The minimum atomic E-state index is -3.32. The fourth-order valence-corrected chi connectivity index (χ4v) is 5.73. The van der Waals surface area contributed by atoms with Gasteiger partial charge < -0.3 is 9.88 Å². The molecule has 2 aliphatic rings. The summed E-state index contributed by atoms with van der Waals surface area (Å²) in [6.07, 6.45) is 11.4. The molecular formula is C21H22F2N4O2S. The highest BCUT2D eigenvalue weighted by Gasteiger charge is 2.33. The number of fused-ring (bicyclic) bond motifs is 1. The number of carbonyl (C=O) groups excluding carboxylic acids is 1. The van der Waals surface area contributed by atoms with Crippen LogP contribution in [0.4, 0.5) is 14.5 Å². The lowest BCUT2D eigenvalue weighted by Crippen LogP contribution is -2.38. The summed E-state index contributed by atoms with van der Waals surface area (Å²) in [4.78, 5) is 13.2. The molecule has 0 saturated carbocycles. The van der Waals surface area contributed by atoms with Gasteiger partial charge in [-0.25, -0.2) is 22.5 Å². The Balaban J connectivity index is 1.64. The summed E-state index contributed by atoms with van der Waals surface area (Å²) in [5.74, 6) is -2.47. The smallest absolute Gasteiger partial charge is 0.272 e. The molecule has 3 N–H and O–H groups in total. The molecular weight excluding hydrogens is 410 g/mol. The molecule has 158 valence electrons. The number of hydrogen-bond acceptors (Lipinski definition) is 3. The molecule has 0 bridgehead atoms. The second kappa shape index (κ2) is 7.81. The van der Waals surface area contributed by atoms with Gasteiger partial charge in [-0.1, -0.05) is 24.3 Å². The van der Waals surface area contributed by atoms with Gasteiger partial charge in [-0.3, -0.25) is 4.79 Å². The maximum Gasteiger partial charge on any atom is 0.272 e. The molecule has 2 unspecified atom stereocenters. The minimum Gasteiger partial charge on any atom is -0.345 e.